The highest BCUT2D eigenvalue weighted by atomic mass is 35.5. The Bertz CT molecular complexity index is 890. The van der Waals surface area contributed by atoms with Crippen molar-refractivity contribution in [2.24, 2.45) is 5.10 Å². The van der Waals surface area contributed by atoms with Crippen molar-refractivity contribution >= 4 is 23.8 Å². The Kier molecular flexibility index (Phi) is 4.72. The molecule has 0 saturated carbocycles. The summed E-state index contributed by atoms with van der Waals surface area (Å²) < 4.78 is 18.4. The van der Waals surface area contributed by atoms with Crippen molar-refractivity contribution in [3.8, 4) is 5.75 Å². The van der Waals surface area contributed by atoms with E-state index in [1.807, 2.05) is 24.3 Å². The van der Waals surface area contributed by atoms with Crippen molar-refractivity contribution < 1.29 is 13.9 Å². The fourth-order valence-electron chi connectivity index (χ4n) is 3.32. The third kappa shape index (κ3) is 3.48. The summed E-state index contributed by atoms with van der Waals surface area (Å²) in [5.41, 5.74) is 5.02. The fourth-order valence-corrected chi connectivity index (χ4v) is 3.54. The van der Waals surface area contributed by atoms with E-state index >= 15 is 0 Å². The molecule has 2 atom stereocenters. The molecule has 1 N–H and O–H groups in total. The predicted molar refractivity (Wildman–Crippen MR) is 99.6 cm³/mol. The first kappa shape index (κ1) is 17.8. The van der Waals surface area contributed by atoms with Crippen LogP contribution in [0.25, 0.3) is 0 Å². The van der Waals surface area contributed by atoms with Crippen molar-refractivity contribution in [3.63, 3.8) is 0 Å². The molecule has 0 spiro atoms. The van der Waals surface area contributed by atoms with Crippen LogP contribution in [-0.2, 0) is 11.3 Å². The number of carbonyl (C=O) groups excluding carboxylic acids is 1. The summed E-state index contributed by atoms with van der Waals surface area (Å²) in [6.07, 6.45) is 2.22. The molecule has 2 aliphatic rings. The number of hydrogen-bond acceptors (Lipinski definition) is 5. The smallest absolute Gasteiger partial charge is 0.267 e. The van der Waals surface area contributed by atoms with Crippen molar-refractivity contribution in [1.29, 1.82) is 0 Å². The van der Waals surface area contributed by atoms with E-state index in [0.29, 0.717) is 12.0 Å². The second-order valence-electron chi connectivity index (χ2n) is 6.48. The minimum Gasteiger partial charge on any atom is -0.497 e. The molecule has 2 unspecified atom stereocenters. The van der Waals surface area contributed by atoms with Gasteiger partial charge < -0.3 is 4.74 Å². The molecule has 0 radical (unpaired) electrons. The number of nitrogens with zero attached hydrogens (tertiary/aromatic N) is 3. The lowest BCUT2D eigenvalue weighted by Crippen LogP contribution is -2.50. The Hall–Kier alpha value is -2.64. The van der Waals surface area contributed by atoms with Gasteiger partial charge in [-0.15, -0.1) is 0 Å². The molecule has 2 aliphatic heterocycles. The van der Waals surface area contributed by atoms with E-state index < -0.39 is 5.82 Å². The number of carbonyl (C=O) groups is 1. The summed E-state index contributed by atoms with van der Waals surface area (Å²) >= 11 is 6.07. The van der Waals surface area contributed by atoms with E-state index in [1.54, 1.807) is 24.5 Å². The lowest BCUT2D eigenvalue weighted by atomic mass is 10.0. The van der Waals surface area contributed by atoms with Gasteiger partial charge >= 0.3 is 0 Å². The van der Waals surface area contributed by atoms with E-state index in [-0.39, 0.29) is 29.6 Å². The normalized spacial score (nSPS) is 21.5. The first-order chi connectivity index (χ1) is 13.0. The molecule has 0 bridgehead atoms. The molecule has 1 amide bonds. The van der Waals surface area contributed by atoms with Gasteiger partial charge in [-0.05, 0) is 41.8 Å². The monoisotopic (exact) mass is 388 g/mol. The van der Waals surface area contributed by atoms with Crippen LogP contribution in [0.15, 0.2) is 47.6 Å². The van der Waals surface area contributed by atoms with Crippen LogP contribution < -0.4 is 10.2 Å². The zero-order valence-corrected chi connectivity index (χ0v) is 15.4. The summed E-state index contributed by atoms with van der Waals surface area (Å²) in [5.74, 6) is 0.251. The van der Waals surface area contributed by atoms with Gasteiger partial charge in [0, 0.05) is 5.02 Å². The summed E-state index contributed by atoms with van der Waals surface area (Å²) in [7, 11) is 1.63. The van der Waals surface area contributed by atoms with Gasteiger partial charge in [0.15, 0.2) is 0 Å². The van der Waals surface area contributed by atoms with E-state index in [2.05, 4.69) is 10.5 Å². The fraction of sp³-hybridized carbons (Fsp3) is 0.263. The molecule has 1 saturated heterocycles. The highest BCUT2D eigenvalue weighted by Crippen LogP contribution is 2.31. The maximum Gasteiger partial charge on any atom is 0.267 e. The molecule has 1 fully saturated rings. The Morgan fingerprint density at radius 3 is 2.78 bits per heavy atom. The number of benzene rings is 2. The Morgan fingerprint density at radius 1 is 1.30 bits per heavy atom. The van der Waals surface area contributed by atoms with E-state index in [4.69, 9.17) is 16.3 Å². The molecule has 8 heteroatoms. The first-order valence-corrected chi connectivity index (χ1v) is 8.91. The van der Waals surface area contributed by atoms with Crippen molar-refractivity contribution in [2.45, 2.75) is 25.0 Å². The maximum atomic E-state index is 13.2. The SMILES string of the molecule is COc1ccc(C2CC3C(=O)N(Cc4ccc(F)cc4Cl)N=CN3N2)cc1. The standard InChI is InChI=1S/C19H18ClFN4O2/c1-27-15-6-3-12(4-7-15)17-9-18-19(26)24(22-11-25(18)23-17)10-13-2-5-14(21)8-16(13)20/h2-8,11,17-18,23H,9-10H2,1H3. The number of halogens is 2. The number of hydrazine groups is 1. The zero-order valence-electron chi connectivity index (χ0n) is 14.6. The van der Waals surface area contributed by atoms with Gasteiger partial charge in [-0.3, -0.25) is 9.80 Å². The minimum absolute atomic E-state index is 0.00525. The largest absolute Gasteiger partial charge is 0.497 e. The highest BCUT2D eigenvalue weighted by molar-refractivity contribution is 6.31. The Morgan fingerprint density at radius 2 is 2.07 bits per heavy atom. The van der Waals surface area contributed by atoms with Crippen molar-refractivity contribution in [1.82, 2.24) is 15.4 Å². The zero-order chi connectivity index (χ0) is 19.0. The average molecular weight is 389 g/mol. The summed E-state index contributed by atoms with van der Waals surface area (Å²) in [4.78, 5) is 12.9. The summed E-state index contributed by atoms with van der Waals surface area (Å²) in [6.45, 7) is 0.200. The number of fused-ring (bicyclic) bond motifs is 1. The van der Waals surface area contributed by atoms with Gasteiger partial charge in [0.05, 0.1) is 19.7 Å². The average Bonchev–Trinajstić information content (AvgIpc) is 3.11. The molecule has 27 heavy (non-hydrogen) atoms. The van der Waals surface area contributed by atoms with E-state index in [9.17, 15) is 9.18 Å². The number of hydrazone groups is 1. The second-order valence-corrected chi connectivity index (χ2v) is 6.88. The number of hydrogen-bond donors (Lipinski definition) is 1. The molecule has 0 aromatic heterocycles. The van der Waals surface area contributed by atoms with Gasteiger partial charge in [0.25, 0.3) is 5.91 Å². The van der Waals surface area contributed by atoms with Gasteiger partial charge in [-0.25, -0.2) is 14.8 Å². The molecule has 0 aliphatic carbocycles. The molecule has 140 valence electrons. The van der Waals surface area contributed by atoms with Crippen molar-refractivity contribution in [3.05, 3.63) is 64.4 Å². The van der Waals surface area contributed by atoms with Gasteiger partial charge in [-0.2, -0.15) is 5.10 Å². The number of nitrogens with one attached hydrogen (secondary N) is 1. The topological polar surface area (TPSA) is 57.2 Å². The third-order valence-corrected chi connectivity index (χ3v) is 5.16. The van der Waals surface area contributed by atoms with Crippen LogP contribution in [0.2, 0.25) is 5.02 Å². The van der Waals surface area contributed by atoms with Crippen LogP contribution in [-0.4, -0.2) is 35.4 Å². The van der Waals surface area contributed by atoms with Crippen LogP contribution in [0.4, 0.5) is 4.39 Å². The number of rotatable bonds is 4. The number of methoxy groups -OCH3 is 1. The van der Waals surface area contributed by atoms with E-state index in [0.717, 1.165) is 11.3 Å². The molecule has 2 aromatic rings. The minimum atomic E-state index is -0.411. The van der Waals surface area contributed by atoms with Gasteiger partial charge in [-0.1, -0.05) is 29.8 Å². The lowest BCUT2D eigenvalue weighted by molar-refractivity contribution is -0.137. The van der Waals surface area contributed by atoms with Crippen LogP contribution in [0.1, 0.15) is 23.6 Å². The van der Waals surface area contributed by atoms with Gasteiger partial charge in [0.1, 0.15) is 23.9 Å². The van der Waals surface area contributed by atoms with Crippen LogP contribution >= 0.6 is 11.6 Å². The second kappa shape index (κ2) is 7.17. The predicted octanol–water partition coefficient (Wildman–Crippen LogP) is 3.09. The van der Waals surface area contributed by atoms with Crippen LogP contribution in [0.5, 0.6) is 5.75 Å². The third-order valence-electron chi connectivity index (χ3n) is 4.81. The lowest BCUT2D eigenvalue weighted by Gasteiger charge is -2.30. The maximum absolute atomic E-state index is 13.2. The number of amides is 1. The molecule has 2 aromatic carbocycles. The summed E-state index contributed by atoms with van der Waals surface area (Å²) in [5, 5.41) is 7.61. The molecular weight excluding hydrogens is 371 g/mol. The molecule has 4 rings (SSSR count). The summed E-state index contributed by atoms with van der Waals surface area (Å²) in [6, 6.07) is 11.5. The highest BCUT2D eigenvalue weighted by Gasteiger charge is 2.41. The molecule has 6 nitrogen and oxygen atoms in total. The Labute approximate surface area is 161 Å². The first-order valence-electron chi connectivity index (χ1n) is 8.53. The van der Waals surface area contributed by atoms with Crippen LogP contribution in [0.3, 0.4) is 0 Å². The van der Waals surface area contributed by atoms with E-state index in [1.165, 1.54) is 17.1 Å². The van der Waals surface area contributed by atoms with Gasteiger partial charge in [0.2, 0.25) is 0 Å². The Balaban J connectivity index is 1.48. The quantitative estimate of drug-likeness (QED) is 0.874. The number of ether oxygens (including phenoxy) is 1. The van der Waals surface area contributed by atoms with Crippen LogP contribution in [0, 0.1) is 5.82 Å². The van der Waals surface area contributed by atoms with Crippen molar-refractivity contribution in [2.75, 3.05) is 7.11 Å². The molecule has 2 heterocycles. The molecular formula is C19H18ClFN4O2.